The normalized spacial score (nSPS) is 12.6. The van der Waals surface area contributed by atoms with E-state index in [9.17, 15) is 18.0 Å². The van der Waals surface area contributed by atoms with Crippen LogP contribution in [0.5, 0.6) is 0 Å². The monoisotopic (exact) mass is 258 g/mol. The Bertz CT molecular complexity index is 462. The number of rotatable bonds is 4. The van der Waals surface area contributed by atoms with Crippen LogP contribution in [0.2, 0.25) is 0 Å². The van der Waals surface area contributed by atoms with Crippen molar-refractivity contribution in [1.29, 1.82) is 0 Å². The number of carboxylic acids is 1. The first-order chi connectivity index (χ1) is 8.34. The zero-order valence-electron chi connectivity index (χ0n) is 9.79. The van der Waals surface area contributed by atoms with Crippen LogP contribution in [-0.4, -0.2) is 11.1 Å². The Balaban J connectivity index is 3.18. The summed E-state index contributed by atoms with van der Waals surface area (Å²) in [5.41, 5.74) is -0.0717. The topological polar surface area (TPSA) is 37.3 Å². The molecule has 0 heterocycles. The highest BCUT2D eigenvalue weighted by Gasteiger charge is 2.30. The SMILES string of the molecule is CCC/C(=C\C(=O)O)c1cccc(C(F)(F)F)c1. The van der Waals surface area contributed by atoms with Gasteiger partial charge in [-0.2, -0.15) is 13.2 Å². The van der Waals surface area contributed by atoms with E-state index in [2.05, 4.69) is 0 Å². The maximum atomic E-state index is 12.5. The molecule has 1 rings (SSSR count). The lowest BCUT2D eigenvalue weighted by Gasteiger charge is -2.10. The fourth-order valence-electron chi connectivity index (χ4n) is 1.61. The number of halogens is 3. The number of hydrogen-bond acceptors (Lipinski definition) is 1. The van der Waals surface area contributed by atoms with Crippen LogP contribution in [0.4, 0.5) is 13.2 Å². The van der Waals surface area contributed by atoms with Gasteiger partial charge in [-0.15, -0.1) is 0 Å². The molecule has 1 aromatic rings. The van der Waals surface area contributed by atoms with Crippen molar-refractivity contribution in [2.24, 2.45) is 0 Å². The first kappa shape index (κ1) is 14.3. The van der Waals surface area contributed by atoms with E-state index < -0.39 is 17.7 Å². The summed E-state index contributed by atoms with van der Waals surface area (Å²) in [5.74, 6) is -1.16. The summed E-state index contributed by atoms with van der Waals surface area (Å²) in [7, 11) is 0. The molecule has 0 bridgehead atoms. The molecule has 0 radical (unpaired) electrons. The highest BCUT2D eigenvalue weighted by Crippen LogP contribution is 2.31. The molecule has 1 N–H and O–H groups in total. The van der Waals surface area contributed by atoms with Gasteiger partial charge < -0.3 is 5.11 Å². The molecule has 18 heavy (non-hydrogen) atoms. The van der Waals surface area contributed by atoms with Gasteiger partial charge in [0.05, 0.1) is 5.56 Å². The number of aliphatic carboxylic acids is 1. The van der Waals surface area contributed by atoms with Gasteiger partial charge in [0, 0.05) is 6.08 Å². The van der Waals surface area contributed by atoms with Crippen LogP contribution < -0.4 is 0 Å². The maximum absolute atomic E-state index is 12.5. The van der Waals surface area contributed by atoms with Gasteiger partial charge in [-0.05, 0) is 29.7 Å². The Morgan fingerprint density at radius 3 is 2.56 bits per heavy atom. The quantitative estimate of drug-likeness (QED) is 0.829. The van der Waals surface area contributed by atoms with Crippen LogP contribution in [0.15, 0.2) is 30.3 Å². The van der Waals surface area contributed by atoms with Crippen LogP contribution >= 0.6 is 0 Å². The number of carbonyl (C=O) groups is 1. The minimum absolute atomic E-state index is 0.300. The Labute approximate surface area is 103 Å². The molecule has 0 amide bonds. The molecule has 2 nitrogen and oxygen atoms in total. The van der Waals surface area contributed by atoms with Gasteiger partial charge in [-0.25, -0.2) is 4.79 Å². The predicted octanol–water partition coefficient (Wildman–Crippen LogP) is 3.97. The molecule has 0 unspecified atom stereocenters. The summed E-state index contributed by atoms with van der Waals surface area (Å²) in [6.07, 6.45) is -2.38. The van der Waals surface area contributed by atoms with E-state index in [4.69, 9.17) is 5.11 Å². The molecule has 98 valence electrons. The molecule has 0 aliphatic carbocycles. The van der Waals surface area contributed by atoms with Gasteiger partial charge in [0.15, 0.2) is 0 Å². The maximum Gasteiger partial charge on any atom is 0.416 e. The fraction of sp³-hybridized carbons (Fsp3) is 0.308. The minimum Gasteiger partial charge on any atom is -0.478 e. The third-order valence-corrected chi connectivity index (χ3v) is 2.38. The van der Waals surface area contributed by atoms with Crippen LogP contribution in [0, 0.1) is 0 Å². The van der Waals surface area contributed by atoms with Crippen molar-refractivity contribution in [2.45, 2.75) is 25.9 Å². The summed E-state index contributed by atoms with van der Waals surface area (Å²) in [5, 5.41) is 8.70. The minimum atomic E-state index is -4.42. The molecule has 0 aliphatic heterocycles. The largest absolute Gasteiger partial charge is 0.478 e. The van der Waals surface area contributed by atoms with Gasteiger partial charge in [-0.1, -0.05) is 25.5 Å². The molecule has 0 aromatic heterocycles. The van der Waals surface area contributed by atoms with Crippen LogP contribution in [0.1, 0.15) is 30.9 Å². The van der Waals surface area contributed by atoms with Crippen LogP contribution in [0.25, 0.3) is 5.57 Å². The molecule has 0 saturated carbocycles. The van der Waals surface area contributed by atoms with Crippen molar-refractivity contribution in [2.75, 3.05) is 0 Å². The standard InChI is InChI=1S/C13H13F3O2/c1-2-4-9(8-12(17)18)10-5-3-6-11(7-10)13(14,15)16/h3,5-8H,2,4H2,1H3,(H,17,18)/b9-8+. The summed E-state index contributed by atoms with van der Waals surface area (Å²) >= 11 is 0. The molecular formula is C13H13F3O2. The van der Waals surface area contributed by atoms with Crippen LogP contribution in [-0.2, 0) is 11.0 Å². The average molecular weight is 258 g/mol. The van der Waals surface area contributed by atoms with E-state index in [0.717, 1.165) is 18.2 Å². The summed E-state index contributed by atoms with van der Waals surface area (Å²) in [6, 6.07) is 4.71. The number of benzene rings is 1. The third-order valence-electron chi connectivity index (χ3n) is 2.38. The zero-order chi connectivity index (χ0) is 13.8. The first-order valence-corrected chi connectivity index (χ1v) is 5.45. The number of hydrogen-bond donors (Lipinski definition) is 1. The molecule has 0 spiro atoms. The second-order valence-corrected chi connectivity index (χ2v) is 3.84. The lowest BCUT2D eigenvalue weighted by atomic mass is 9.99. The number of alkyl halides is 3. The van der Waals surface area contributed by atoms with Crippen molar-refractivity contribution in [1.82, 2.24) is 0 Å². The van der Waals surface area contributed by atoms with E-state index in [-0.39, 0.29) is 0 Å². The Hall–Kier alpha value is -1.78. The second-order valence-electron chi connectivity index (χ2n) is 3.84. The summed E-state index contributed by atoms with van der Waals surface area (Å²) in [6.45, 7) is 1.84. The predicted molar refractivity (Wildman–Crippen MR) is 62.0 cm³/mol. The lowest BCUT2D eigenvalue weighted by Crippen LogP contribution is -2.05. The fourth-order valence-corrected chi connectivity index (χ4v) is 1.61. The average Bonchev–Trinajstić information content (AvgIpc) is 2.27. The lowest BCUT2D eigenvalue weighted by molar-refractivity contribution is -0.137. The molecule has 0 saturated heterocycles. The van der Waals surface area contributed by atoms with Crippen molar-refractivity contribution >= 4 is 11.5 Å². The van der Waals surface area contributed by atoms with Crippen molar-refractivity contribution in [3.05, 3.63) is 41.5 Å². The van der Waals surface area contributed by atoms with E-state index >= 15 is 0 Å². The third kappa shape index (κ3) is 3.91. The van der Waals surface area contributed by atoms with Crippen molar-refractivity contribution in [3.63, 3.8) is 0 Å². The summed E-state index contributed by atoms with van der Waals surface area (Å²) < 4.78 is 37.6. The van der Waals surface area contributed by atoms with Crippen LogP contribution in [0.3, 0.4) is 0 Å². The smallest absolute Gasteiger partial charge is 0.416 e. The highest BCUT2D eigenvalue weighted by molar-refractivity contribution is 5.90. The van der Waals surface area contributed by atoms with Gasteiger partial charge in [-0.3, -0.25) is 0 Å². The Kier molecular flexibility index (Phi) is 4.53. The summed E-state index contributed by atoms with van der Waals surface area (Å²) in [4.78, 5) is 10.6. The molecule has 1 aromatic carbocycles. The molecular weight excluding hydrogens is 245 g/mol. The van der Waals surface area contributed by atoms with Crippen molar-refractivity contribution in [3.8, 4) is 0 Å². The van der Waals surface area contributed by atoms with E-state index in [1.54, 1.807) is 0 Å². The molecule has 0 atom stereocenters. The van der Waals surface area contributed by atoms with E-state index in [0.29, 0.717) is 24.0 Å². The second kappa shape index (κ2) is 5.71. The highest BCUT2D eigenvalue weighted by atomic mass is 19.4. The molecule has 0 aliphatic rings. The molecule has 0 fully saturated rings. The van der Waals surface area contributed by atoms with Gasteiger partial charge in [0.1, 0.15) is 0 Å². The Morgan fingerprint density at radius 2 is 2.06 bits per heavy atom. The van der Waals surface area contributed by atoms with Gasteiger partial charge in [0.2, 0.25) is 0 Å². The van der Waals surface area contributed by atoms with E-state index in [1.807, 2.05) is 6.92 Å². The van der Waals surface area contributed by atoms with Gasteiger partial charge in [0.25, 0.3) is 0 Å². The Morgan fingerprint density at radius 1 is 1.39 bits per heavy atom. The van der Waals surface area contributed by atoms with E-state index in [1.165, 1.54) is 12.1 Å². The first-order valence-electron chi connectivity index (χ1n) is 5.45. The van der Waals surface area contributed by atoms with Gasteiger partial charge >= 0.3 is 12.1 Å². The van der Waals surface area contributed by atoms with Crippen molar-refractivity contribution < 1.29 is 23.1 Å². The molecule has 5 heteroatoms. The number of carboxylic acid groups (broad SMARTS) is 1. The zero-order valence-corrected chi connectivity index (χ0v) is 9.79. The number of allylic oxidation sites excluding steroid dienone is 1.